The van der Waals surface area contributed by atoms with Gasteiger partial charge in [0, 0.05) is 6.54 Å². The van der Waals surface area contributed by atoms with Crippen LogP contribution >= 0.6 is 0 Å². The van der Waals surface area contributed by atoms with Gasteiger partial charge in [-0.3, -0.25) is 4.79 Å². The first kappa shape index (κ1) is 11.8. The van der Waals surface area contributed by atoms with Gasteiger partial charge >= 0.3 is 5.97 Å². The van der Waals surface area contributed by atoms with E-state index < -0.39 is 11.4 Å². The molecule has 0 amide bonds. The van der Waals surface area contributed by atoms with E-state index in [1.807, 2.05) is 19.1 Å². The summed E-state index contributed by atoms with van der Waals surface area (Å²) in [5, 5.41) is 11.9. The Morgan fingerprint density at radius 3 is 2.67 bits per heavy atom. The molecule has 0 aliphatic rings. The molecule has 0 aliphatic carbocycles. The molecule has 1 aromatic rings. The maximum atomic E-state index is 10.8. The predicted molar refractivity (Wildman–Crippen MR) is 56.6 cm³/mol. The summed E-state index contributed by atoms with van der Waals surface area (Å²) < 4.78 is 5.35. The van der Waals surface area contributed by atoms with Gasteiger partial charge in [-0.15, -0.1) is 0 Å². The van der Waals surface area contributed by atoms with E-state index in [9.17, 15) is 4.79 Å². The van der Waals surface area contributed by atoms with Crippen LogP contribution in [0.1, 0.15) is 25.4 Å². The number of hydrogen-bond acceptors (Lipinski definition) is 3. The van der Waals surface area contributed by atoms with Gasteiger partial charge in [-0.05, 0) is 32.9 Å². The Balaban J connectivity index is 2.36. The first-order valence-corrected chi connectivity index (χ1v) is 4.91. The third-order valence-electron chi connectivity index (χ3n) is 2.24. The molecular formula is C11H17NO3. The minimum atomic E-state index is -0.800. The fourth-order valence-corrected chi connectivity index (χ4v) is 1.15. The second kappa shape index (κ2) is 4.49. The molecule has 0 radical (unpaired) electrons. The van der Waals surface area contributed by atoms with Crippen LogP contribution in [0, 0.1) is 12.3 Å². The van der Waals surface area contributed by atoms with Crippen LogP contribution in [0.25, 0.3) is 0 Å². The van der Waals surface area contributed by atoms with Gasteiger partial charge in [0.15, 0.2) is 0 Å². The lowest BCUT2D eigenvalue weighted by Gasteiger charge is -2.18. The van der Waals surface area contributed by atoms with E-state index in [1.165, 1.54) is 0 Å². The van der Waals surface area contributed by atoms with E-state index in [1.54, 1.807) is 13.8 Å². The Hall–Kier alpha value is -1.29. The standard InChI is InChI=1S/C11H17NO3/c1-8-4-5-9(15-8)6-12-7-11(2,3)10(13)14/h4-5,12H,6-7H2,1-3H3,(H,13,14). The van der Waals surface area contributed by atoms with Crippen molar-refractivity contribution < 1.29 is 14.3 Å². The molecule has 1 aromatic heterocycles. The van der Waals surface area contributed by atoms with Gasteiger partial charge in [0.25, 0.3) is 0 Å². The zero-order valence-corrected chi connectivity index (χ0v) is 9.33. The average Bonchev–Trinajstić information content (AvgIpc) is 2.51. The fraction of sp³-hybridized carbons (Fsp3) is 0.545. The van der Waals surface area contributed by atoms with Gasteiger partial charge in [0.1, 0.15) is 11.5 Å². The van der Waals surface area contributed by atoms with Crippen molar-refractivity contribution in [1.29, 1.82) is 0 Å². The molecule has 0 saturated heterocycles. The molecule has 1 heterocycles. The van der Waals surface area contributed by atoms with Crippen molar-refractivity contribution in [2.45, 2.75) is 27.3 Å². The number of carboxylic acids is 1. The Morgan fingerprint density at radius 1 is 1.53 bits per heavy atom. The van der Waals surface area contributed by atoms with Crippen LogP contribution in [0.15, 0.2) is 16.5 Å². The van der Waals surface area contributed by atoms with Crippen LogP contribution in [-0.2, 0) is 11.3 Å². The number of aliphatic carboxylic acids is 1. The molecule has 15 heavy (non-hydrogen) atoms. The minimum absolute atomic E-state index is 0.419. The van der Waals surface area contributed by atoms with Crippen LogP contribution in [0.3, 0.4) is 0 Å². The van der Waals surface area contributed by atoms with Crippen molar-refractivity contribution in [2.24, 2.45) is 5.41 Å². The SMILES string of the molecule is Cc1ccc(CNCC(C)(C)C(=O)O)o1. The second-order valence-corrected chi connectivity index (χ2v) is 4.30. The molecule has 0 unspecified atom stereocenters. The van der Waals surface area contributed by atoms with E-state index in [0.717, 1.165) is 11.5 Å². The number of rotatable bonds is 5. The zero-order valence-electron chi connectivity index (χ0n) is 9.33. The Morgan fingerprint density at radius 2 is 2.20 bits per heavy atom. The molecule has 4 nitrogen and oxygen atoms in total. The zero-order chi connectivity index (χ0) is 11.5. The van der Waals surface area contributed by atoms with Crippen LogP contribution < -0.4 is 5.32 Å². The Labute approximate surface area is 89.3 Å². The predicted octanol–water partition coefficient (Wildman–Crippen LogP) is 1.79. The molecule has 0 fully saturated rings. The molecule has 84 valence electrons. The lowest BCUT2D eigenvalue weighted by Crippen LogP contribution is -2.35. The van der Waals surface area contributed by atoms with E-state index in [4.69, 9.17) is 9.52 Å². The summed E-state index contributed by atoms with van der Waals surface area (Å²) >= 11 is 0. The highest BCUT2D eigenvalue weighted by molar-refractivity contribution is 5.73. The summed E-state index contributed by atoms with van der Waals surface area (Å²) in [5.74, 6) is 0.892. The van der Waals surface area contributed by atoms with Crippen LogP contribution in [0.5, 0.6) is 0 Å². The number of nitrogens with one attached hydrogen (secondary N) is 1. The highest BCUT2D eigenvalue weighted by Crippen LogP contribution is 2.13. The highest BCUT2D eigenvalue weighted by atomic mass is 16.4. The number of furan rings is 1. The van der Waals surface area contributed by atoms with Crippen molar-refractivity contribution >= 4 is 5.97 Å². The van der Waals surface area contributed by atoms with Crippen molar-refractivity contribution in [1.82, 2.24) is 5.32 Å². The second-order valence-electron chi connectivity index (χ2n) is 4.30. The van der Waals surface area contributed by atoms with Crippen molar-refractivity contribution in [2.75, 3.05) is 6.54 Å². The Bertz CT molecular complexity index is 341. The minimum Gasteiger partial charge on any atom is -0.481 e. The topological polar surface area (TPSA) is 62.5 Å². The van der Waals surface area contributed by atoms with E-state index in [-0.39, 0.29) is 0 Å². The van der Waals surface area contributed by atoms with Crippen molar-refractivity contribution in [3.63, 3.8) is 0 Å². The fourth-order valence-electron chi connectivity index (χ4n) is 1.15. The summed E-state index contributed by atoms with van der Waals surface area (Å²) in [4.78, 5) is 10.8. The smallest absolute Gasteiger partial charge is 0.310 e. The van der Waals surface area contributed by atoms with Gasteiger partial charge in [-0.2, -0.15) is 0 Å². The number of aryl methyl sites for hydroxylation is 1. The lowest BCUT2D eigenvalue weighted by molar-refractivity contribution is -0.146. The monoisotopic (exact) mass is 211 g/mol. The highest BCUT2D eigenvalue weighted by Gasteiger charge is 2.26. The number of carbonyl (C=O) groups is 1. The summed E-state index contributed by atoms with van der Waals surface area (Å²) in [6, 6.07) is 3.77. The van der Waals surface area contributed by atoms with Crippen molar-refractivity contribution in [3.05, 3.63) is 23.7 Å². The first-order chi connectivity index (χ1) is 6.92. The summed E-state index contributed by atoms with van der Waals surface area (Å²) in [7, 11) is 0. The molecule has 1 rings (SSSR count). The molecule has 0 bridgehead atoms. The van der Waals surface area contributed by atoms with E-state index in [2.05, 4.69) is 5.32 Å². The molecule has 0 saturated carbocycles. The maximum Gasteiger partial charge on any atom is 0.310 e. The number of carboxylic acid groups (broad SMARTS) is 1. The van der Waals surface area contributed by atoms with Gasteiger partial charge in [0.2, 0.25) is 0 Å². The summed E-state index contributed by atoms with van der Waals surface area (Å²) in [6.07, 6.45) is 0. The number of hydrogen-bond donors (Lipinski definition) is 2. The van der Waals surface area contributed by atoms with E-state index >= 15 is 0 Å². The first-order valence-electron chi connectivity index (χ1n) is 4.91. The largest absolute Gasteiger partial charge is 0.481 e. The maximum absolute atomic E-state index is 10.8. The van der Waals surface area contributed by atoms with Gasteiger partial charge in [-0.25, -0.2) is 0 Å². The van der Waals surface area contributed by atoms with Gasteiger partial charge in [-0.1, -0.05) is 0 Å². The summed E-state index contributed by atoms with van der Waals surface area (Å²) in [6.45, 7) is 6.24. The van der Waals surface area contributed by atoms with Crippen molar-refractivity contribution in [3.8, 4) is 0 Å². The molecule has 0 atom stereocenters. The molecule has 2 N–H and O–H groups in total. The quantitative estimate of drug-likeness (QED) is 0.779. The molecule has 0 aromatic carbocycles. The molecule has 4 heteroatoms. The third kappa shape index (κ3) is 3.40. The summed E-state index contributed by atoms with van der Waals surface area (Å²) in [5.41, 5.74) is -0.748. The van der Waals surface area contributed by atoms with Crippen LogP contribution in [-0.4, -0.2) is 17.6 Å². The molecule has 0 spiro atoms. The van der Waals surface area contributed by atoms with Crippen LogP contribution in [0.4, 0.5) is 0 Å². The normalized spacial score (nSPS) is 11.7. The van der Waals surface area contributed by atoms with Crippen LogP contribution in [0.2, 0.25) is 0 Å². The molecule has 0 aliphatic heterocycles. The average molecular weight is 211 g/mol. The van der Waals surface area contributed by atoms with E-state index in [0.29, 0.717) is 13.1 Å². The lowest BCUT2D eigenvalue weighted by atomic mass is 9.94. The molecular weight excluding hydrogens is 194 g/mol. The van der Waals surface area contributed by atoms with Gasteiger partial charge in [0.05, 0.1) is 12.0 Å². The Kier molecular flexibility index (Phi) is 3.52. The van der Waals surface area contributed by atoms with Gasteiger partial charge < -0.3 is 14.8 Å². The third-order valence-corrected chi connectivity index (χ3v) is 2.24.